The fourth-order valence-corrected chi connectivity index (χ4v) is 1.11. The van der Waals surface area contributed by atoms with E-state index in [1.165, 1.54) is 19.2 Å². The first kappa shape index (κ1) is 12.0. The van der Waals surface area contributed by atoms with E-state index in [9.17, 15) is 14.0 Å². The number of hydrogen-bond acceptors (Lipinski definition) is 3. The van der Waals surface area contributed by atoms with E-state index in [1.54, 1.807) is 0 Å². The smallest absolute Gasteiger partial charge is 0.322 e. The van der Waals surface area contributed by atoms with Gasteiger partial charge in [-0.05, 0) is 18.2 Å². The topological polar surface area (TPSA) is 78.4 Å². The molecule has 3 N–H and O–H groups in total. The Kier molecular flexibility index (Phi) is 3.82. The van der Waals surface area contributed by atoms with Crippen LogP contribution in [0.1, 0.15) is 10.4 Å². The zero-order valence-corrected chi connectivity index (χ0v) is 8.58. The zero-order chi connectivity index (χ0) is 12.1. The number of anilines is 1. The van der Waals surface area contributed by atoms with Crippen LogP contribution in [0.3, 0.4) is 0 Å². The molecule has 6 heteroatoms. The average Bonchev–Trinajstić information content (AvgIpc) is 2.26. The highest BCUT2D eigenvalue weighted by Crippen LogP contribution is 2.15. The van der Waals surface area contributed by atoms with Crippen LogP contribution in [0.15, 0.2) is 18.2 Å². The normalized spacial score (nSPS) is 9.62. The Balaban J connectivity index is 2.83. The Bertz CT molecular complexity index is 421. The molecular weight excluding hydrogens is 215 g/mol. The number of aliphatic carboxylic acids is 1. The van der Waals surface area contributed by atoms with Crippen LogP contribution >= 0.6 is 0 Å². The van der Waals surface area contributed by atoms with Crippen LogP contribution in [-0.4, -0.2) is 30.6 Å². The Morgan fingerprint density at radius 3 is 2.62 bits per heavy atom. The van der Waals surface area contributed by atoms with Crippen LogP contribution in [-0.2, 0) is 4.79 Å². The fourth-order valence-electron chi connectivity index (χ4n) is 1.11. The second kappa shape index (κ2) is 5.11. The zero-order valence-electron chi connectivity index (χ0n) is 8.58. The van der Waals surface area contributed by atoms with Crippen LogP contribution in [0.4, 0.5) is 10.1 Å². The molecule has 0 spiro atoms. The van der Waals surface area contributed by atoms with Gasteiger partial charge in [-0.2, -0.15) is 0 Å². The summed E-state index contributed by atoms with van der Waals surface area (Å²) < 4.78 is 13.4. The quantitative estimate of drug-likeness (QED) is 0.705. The molecule has 1 rings (SSSR count). The number of carboxylic acid groups (broad SMARTS) is 1. The molecule has 0 aliphatic heterocycles. The SMILES string of the molecule is CNC(=O)c1ccc(NCC(=O)O)c(F)c1. The number of carbonyl (C=O) groups is 2. The minimum atomic E-state index is -1.09. The second-order valence-corrected chi connectivity index (χ2v) is 3.02. The molecule has 0 bridgehead atoms. The van der Waals surface area contributed by atoms with Crippen molar-refractivity contribution in [2.45, 2.75) is 0 Å². The van der Waals surface area contributed by atoms with Gasteiger partial charge in [-0.15, -0.1) is 0 Å². The van der Waals surface area contributed by atoms with Crippen molar-refractivity contribution < 1.29 is 19.1 Å². The molecule has 0 fully saturated rings. The summed E-state index contributed by atoms with van der Waals surface area (Å²) in [7, 11) is 1.44. The van der Waals surface area contributed by atoms with Crippen LogP contribution in [0.25, 0.3) is 0 Å². The Morgan fingerprint density at radius 2 is 2.12 bits per heavy atom. The lowest BCUT2D eigenvalue weighted by Gasteiger charge is -2.06. The van der Waals surface area contributed by atoms with Crippen molar-refractivity contribution in [1.82, 2.24) is 5.32 Å². The van der Waals surface area contributed by atoms with Gasteiger partial charge < -0.3 is 15.7 Å². The molecule has 0 aromatic heterocycles. The van der Waals surface area contributed by atoms with E-state index in [1.807, 2.05) is 0 Å². The molecule has 5 nitrogen and oxygen atoms in total. The summed E-state index contributed by atoms with van der Waals surface area (Å²) in [6.45, 7) is -0.379. The van der Waals surface area contributed by atoms with Gasteiger partial charge in [-0.3, -0.25) is 9.59 Å². The van der Waals surface area contributed by atoms with E-state index in [4.69, 9.17) is 5.11 Å². The summed E-state index contributed by atoms with van der Waals surface area (Å²) in [5, 5.41) is 13.1. The molecule has 0 saturated carbocycles. The average molecular weight is 226 g/mol. The van der Waals surface area contributed by atoms with Gasteiger partial charge >= 0.3 is 5.97 Å². The molecule has 0 atom stereocenters. The van der Waals surface area contributed by atoms with Crippen LogP contribution in [0.2, 0.25) is 0 Å². The van der Waals surface area contributed by atoms with Gasteiger partial charge in [0.25, 0.3) is 5.91 Å². The number of carbonyl (C=O) groups excluding carboxylic acids is 1. The maximum Gasteiger partial charge on any atom is 0.322 e. The predicted molar refractivity (Wildman–Crippen MR) is 55.9 cm³/mol. The minimum Gasteiger partial charge on any atom is -0.480 e. The van der Waals surface area contributed by atoms with Gasteiger partial charge in [0.05, 0.1) is 5.69 Å². The van der Waals surface area contributed by atoms with Crippen molar-refractivity contribution in [2.75, 3.05) is 18.9 Å². The first-order valence-electron chi connectivity index (χ1n) is 4.52. The number of carboxylic acids is 1. The number of nitrogens with one attached hydrogen (secondary N) is 2. The molecule has 1 aromatic rings. The summed E-state index contributed by atoms with van der Waals surface area (Å²) in [5.41, 5.74) is 0.232. The van der Waals surface area contributed by atoms with E-state index < -0.39 is 17.7 Å². The van der Waals surface area contributed by atoms with Crippen LogP contribution < -0.4 is 10.6 Å². The molecule has 86 valence electrons. The highest BCUT2D eigenvalue weighted by atomic mass is 19.1. The Labute approximate surface area is 91.3 Å². The van der Waals surface area contributed by atoms with Gasteiger partial charge in [-0.25, -0.2) is 4.39 Å². The Hall–Kier alpha value is -2.11. The third-order valence-electron chi connectivity index (χ3n) is 1.89. The molecule has 0 heterocycles. The lowest BCUT2D eigenvalue weighted by Crippen LogP contribution is -2.18. The van der Waals surface area contributed by atoms with Crippen molar-refractivity contribution in [3.63, 3.8) is 0 Å². The molecule has 16 heavy (non-hydrogen) atoms. The number of amides is 1. The van der Waals surface area contributed by atoms with Crippen LogP contribution in [0.5, 0.6) is 0 Å². The van der Waals surface area contributed by atoms with Crippen molar-refractivity contribution >= 4 is 17.6 Å². The Morgan fingerprint density at radius 1 is 1.44 bits per heavy atom. The largest absolute Gasteiger partial charge is 0.480 e. The first-order valence-corrected chi connectivity index (χ1v) is 4.52. The molecule has 0 aliphatic carbocycles. The molecule has 0 radical (unpaired) electrons. The van der Waals surface area contributed by atoms with Crippen molar-refractivity contribution in [2.24, 2.45) is 0 Å². The highest BCUT2D eigenvalue weighted by molar-refractivity contribution is 5.94. The van der Waals surface area contributed by atoms with E-state index in [2.05, 4.69) is 10.6 Å². The van der Waals surface area contributed by atoms with Gasteiger partial charge in [0.2, 0.25) is 0 Å². The summed E-state index contributed by atoms with van der Waals surface area (Å²) in [6, 6.07) is 3.78. The van der Waals surface area contributed by atoms with Crippen LogP contribution in [0, 0.1) is 5.82 Å². The van der Waals surface area contributed by atoms with Crippen molar-refractivity contribution in [3.8, 4) is 0 Å². The monoisotopic (exact) mass is 226 g/mol. The fraction of sp³-hybridized carbons (Fsp3) is 0.200. The lowest BCUT2D eigenvalue weighted by atomic mass is 10.2. The summed E-state index contributed by atoms with van der Waals surface area (Å²) >= 11 is 0. The van der Waals surface area contributed by atoms with E-state index in [-0.39, 0.29) is 17.8 Å². The van der Waals surface area contributed by atoms with Gasteiger partial charge in [0.15, 0.2) is 0 Å². The highest BCUT2D eigenvalue weighted by Gasteiger charge is 2.08. The number of halogens is 1. The molecule has 1 amide bonds. The van der Waals surface area contributed by atoms with Crippen molar-refractivity contribution in [3.05, 3.63) is 29.6 Å². The van der Waals surface area contributed by atoms with Gasteiger partial charge in [0.1, 0.15) is 12.4 Å². The van der Waals surface area contributed by atoms with E-state index in [0.29, 0.717) is 0 Å². The third kappa shape index (κ3) is 2.94. The first-order chi connectivity index (χ1) is 7.54. The van der Waals surface area contributed by atoms with E-state index in [0.717, 1.165) is 6.07 Å². The molecular formula is C10H11FN2O3. The molecule has 0 aliphatic rings. The molecule has 0 saturated heterocycles. The van der Waals surface area contributed by atoms with Gasteiger partial charge in [0, 0.05) is 12.6 Å². The third-order valence-corrected chi connectivity index (χ3v) is 1.89. The van der Waals surface area contributed by atoms with Gasteiger partial charge in [-0.1, -0.05) is 0 Å². The maximum atomic E-state index is 13.4. The molecule has 0 unspecified atom stereocenters. The minimum absolute atomic E-state index is 0.0510. The number of rotatable bonds is 4. The summed E-state index contributed by atoms with van der Waals surface area (Å²) in [5.74, 6) is -2.15. The standard InChI is InChI=1S/C10H11FN2O3/c1-12-10(16)6-2-3-8(7(11)4-6)13-5-9(14)15/h2-4,13H,5H2,1H3,(H,12,16)(H,14,15). The van der Waals surface area contributed by atoms with Crippen molar-refractivity contribution in [1.29, 1.82) is 0 Å². The van der Waals surface area contributed by atoms with E-state index >= 15 is 0 Å². The summed E-state index contributed by atoms with van der Waals surface area (Å²) in [6.07, 6.45) is 0. The number of benzene rings is 1. The summed E-state index contributed by atoms with van der Waals surface area (Å²) in [4.78, 5) is 21.4. The lowest BCUT2D eigenvalue weighted by molar-refractivity contribution is -0.134. The molecule has 1 aromatic carbocycles. The predicted octanol–water partition coefficient (Wildman–Crippen LogP) is 0.682. The second-order valence-electron chi connectivity index (χ2n) is 3.02. The number of hydrogen-bond donors (Lipinski definition) is 3. The maximum absolute atomic E-state index is 13.4.